The molecule has 31 heavy (non-hydrogen) atoms. The lowest BCUT2D eigenvalue weighted by Gasteiger charge is -2.31. The molecular formula is C20H21ClFN3O5S. The first kappa shape index (κ1) is 23.1. The second kappa shape index (κ2) is 9.29. The number of halogens is 2. The Balaban J connectivity index is 1.61. The van der Waals surface area contributed by atoms with Gasteiger partial charge < -0.3 is 5.32 Å². The van der Waals surface area contributed by atoms with E-state index < -0.39 is 26.8 Å². The normalized spacial score (nSPS) is 16.6. The zero-order valence-corrected chi connectivity index (χ0v) is 18.2. The summed E-state index contributed by atoms with van der Waals surface area (Å²) in [7, 11) is -3.84. The molecule has 1 aliphatic rings. The highest BCUT2D eigenvalue weighted by molar-refractivity contribution is 7.89. The third-order valence-corrected chi connectivity index (χ3v) is 7.48. The number of hydrogen-bond donors (Lipinski definition) is 1. The van der Waals surface area contributed by atoms with Gasteiger partial charge in [-0.2, -0.15) is 4.31 Å². The van der Waals surface area contributed by atoms with Crippen LogP contribution < -0.4 is 5.32 Å². The summed E-state index contributed by atoms with van der Waals surface area (Å²) in [6.07, 6.45) is 0.642. The van der Waals surface area contributed by atoms with Crippen molar-refractivity contribution in [2.24, 2.45) is 5.92 Å². The summed E-state index contributed by atoms with van der Waals surface area (Å²) in [5.41, 5.74) is 0.550. The molecule has 11 heteroatoms. The molecule has 1 aliphatic heterocycles. The molecule has 0 saturated carbocycles. The molecule has 1 N–H and O–H groups in total. The Morgan fingerprint density at radius 3 is 2.55 bits per heavy atom. The number of nitrogens with zero attached hydrogens (tertiary/aromatic N) is 2. The maximum Gasteiger partial charge on any atom is 0.269 e. The van der Waals surface area contributed by atoms with Crippen molar-refractivity contribution < 1.29 is 22.5 Å². The van der Waals surface area contributed by atoms with Crippen LogP contribution in [0.25, 0.3) is 0 Å². The molecule has 2 aromatic rings. The van der Waals surface area contributed by atoms with Crippen LogP contribution in [0.15, 0.2) is 47.4 Å². The van der Waals surface area contributed by atoms with Crippen LogP contribution in [0.1, 0.15) is 31.4 Å². The number of nitrogens with one attached hydrogen (secondary N) is 1. The van der Waals surface area contributed by atoms with Crippen molar-refractivity contribution in [1.29, 1.82) is 0 Å². The van der Waals surface area contributed by atoms with E-state index in [1.165, 1.54) is 16.4 Å². The van der Waals surface area contributed by atoms with Crippen LogP contribution in [0.2, 0.25) is 5.02 Å². The number of carbonyl (C=O) groups is 1. The molecule has 0 aliphatic carbocycles. The van der Waals surface area contributed by atoms with Crippen molar-refractivity contribution in [3.05, 3.63) is 69.0 Å². The maximum absolute atomic E-state index is 13.3. The zero-order chi connectivity index (χ0) is 22.8. The highest BCUT2D eigenvalue weighted by atomic mass is 35.5. The van der Waals surface area contributed by atoms with Gasteiger partial charge in [0, 0.05) is 31.1 Å². The molecule has 0 spiro atoms. The molecule has 1 fully saturated rings. The molecule has 0 radical (unpaired) electrons. The van der Waals surface area contributed by atoms with Gasteiger partial charge in [-0.15, -0.1) is 0 Å². The molecule has 3 rings (SSSR count). The summed E-state index contributed by atoms with van der Waals surface area (Å²) in [6.45, 7) is 2.01. The van der Waals surface area contributed by atoms with E-state index in [0.29, 0.717) is 18.4 Å². The first-order chi connectivity index (χ1) is 14.6. The third-order valence-electron chi connectivity index (χ3n) is 5.29. The second-order valence-corrected chi connectivity index (χ2v) is 9.68. The predicted molar refractivity (Wildman–Crippen MR) is 113 cm³/mol. The molecule has 166 valence electrons. The molecule has 1 unspecified atom stereocenters. The first-order valence-electron chi connectivity index (χ1n) is 9.59. The van der Waals surface area contributed by atoms with Crippen LogP contribution >= 0.6 is 11.6 Å². The van der Waals surface area contributed by atoms with E-state index >= 15 is 0 Å². The SMILES string of the molecule is CC(NC(=O)C1CCN(S(=O)(=O)c2ccc(F)c(Cl)c2)CC1)c1cccc([N+](=O)[O-])c1. The van der Waals surface area contributed by atoms with E-state index in [9.17, 15) is 27.7 Å². The van der Waals surface area contributed by atoms with Crippen LogP contribution in [0.3, 0.4) is 0 Å². The number of nitro groups is 1. The van der Waals surface area contributed by atoms with Gasteiger partial charge in [-0.1, -0.05) is 23.7 Å². The largest absolute Gasteiger partial charge is 0.349 e. The van der Waals surface area contributed by atoms with E-state index in [-0.39, 0.29) is 40.5 Å². The fourth-order valence-electron chi connectivity index (χ4n) is 3.47. The minimum absolute atomic E-state index is 0.0574. The number of non-ortho nitro benzene ring substituents is 1. The van der Waals surface area contributed by atoms with Gasteiger partial charge in [-0.05, 0) is 43.5 Å². The van der Waals surface area contributed by atoms with Gasteiger partial charge in [0.25, 0.3) is 5.69 Å². The summed E-state index contributed by atoms with van der Waals surface area (Å²) in [5.74, 6) is -1.32. The second-order valence-electron chi connectivity index (χ2n) is 7.34. The molecule has 1 heterocycles. The number of rotatable bonds is 6. The van der Waals surface area contributed by atoms with Crippen LogP contribution in [0, 0.1) is 21.8 Å². The van der Waals surface area contributed by atoms with Gasteiger partial charge in [-0.25, -0.2) is 12.8 Å². The molecule has 2 aromatic carbocycles. The summed E-state index contributed by atoms with van der Waals surface area (Å²) >= 11 is 5.70. The number of hydrogen-bond acceptors (Lipinski definition) is 5. The van der Waals surface area contributed by atoms with Gasteiger partial charge >= 0.3 is 0 Å². The van der Waals surface area contributed by atoms with Crippen LogP contribution in [-0.4, -0.2) is 36.6 Å². The van der Waals surface area contributed by atoms with Crippen molar-refractivity contribution in [1.82, 2.24) is 9.62 Å². The third kappa shape index (κ3) is 5.20. The van der Waals surface area contributed by atoms with Gasteiger partial charge in [0.05, 0.1) is 20.9 Å². The number of carbonyl (C=O) groups excluding carboxylic acids is 1. The van der Waals surface area contributed by atoms with Gasteiger partial charge in [-0.3, -0.25) is 14.9 Å². The van der Waals surface area contributed by atoms with Crippen LogP contribution in [-0.2, 0) is 14.8 Å². The maximum atomic E-state index is 13.3. The van der Waals surface area contributed by atoms with E-state index in [0.717, 1.165) is 18.2 Å². The molecule has 8 nitrogen and oxygen atoms in total. The number of piperidine rings is 1. The molecule has 0 aromatic heterocycles. The van der Waals surface area contributed by atoms with Gasteiger partial charge in [0.2, 0.25) is 15.9 Å². The zero-order valence-electron chi connectivity index (χ0n) is 16.6. The summed E-state index contributed by atoms with van der Waals surface area (Å²) in [6, 6.07) is 8.85. The van der Waals surface area contributed by atoms with E-state index in [2.05, 4.69) is 5.32 Å². The smallest absolute Gasteiger partial charge is 0.269 e. The average molecular weight is 470 g/mol. The Bertz CT molecular complexity index is 1100. The van der Waals surface area contributed by atoms with Crippen molar-refractivity contribution in [3.8, 4) is 0 Å². The van der Waals surface area contributed by atoms with E-state index in [1.807, 2.05) is 0 Å². The van der Waals surface area contributed by atoms with Gasteiger partial charge in [0.1, 0.15) is 5.82 Å². The number of amides is 1. The van der Waals surface area contributed by atoms with Gasteiger partial charge in [0.15, 0.2) is 0 Å². The monoisotopic (exact) mass is 469 g/mol. The minimum atomic E-state index is -3.84. The Labute approximate surface area is 184 Å². The Hall–Kier alpha value is -2.56. The highest BCUT2D eigenvalue weighted by Crippen LogP contribution is 2.27. The van der Waals surface area contributed by atoms with Crippen molar-refractivity contribution in [2.75, 3.05) is 13.1 Å². The molecule has 1 saturated heterocycles. The number of nitro benzene ring substituents is 1. The summed E-state index contributed by atoms with van der Waals surface area (Å²) in [5, 5.41) is 13.5. The van der Waals surface area contributed by atoms with E-state index in [1.54, 1.807) is 19.1 Å². The Morgan fingerprint density at radius 2 is 1.94 bits per heavy atom. The minimum Gasteiger partial charge on any atom is -0.349 e. The van der Waals surface area contributed by atoms with Crippen molar-refractivity contribution >= 4 is 33.2 Å². The summed E-state index contributed by atoms with van der Waals surface area (Å²) < 4.78 is 40.1. The standard InChI is InChI=1S/C20H21ClFN3O5S/c1-13(15-3-2-4-16(11-15)25(27)28)23-20(26)14-7-9-24(10-8-14)31(29,30)17-5-6-19(22)18(21)12-17/h2-6,11-14H,7-10H2,1H3,(H,23,26). The van der Waals surface area contributed by atoms with Crippen LogP contribution in [0.4, 0.5) is 10.1 Å². The first-order valence-corrected chi connectivity index (χ1v) is 11.4. The molecular weight excluding hydrogens is 449 g/mol. The summed E-state index contributed by atoms with van der Waals surface area (Å²) in [4.78, 5) is 23.0. The van der Waals surface area contributed by atoms with Crippen molar-refractivity contribution in [2.45, 2.75) is 30.7 Å². The fourth-order valence-corrected chi connectivity index (χ4v) is 5.21. The lowest BCUT2D eigenvalue weighted by Crippen LogP contribution is -2.43. The Kier molecular flexibility index (Phi) is 6.93. The molecule has 0 bridgehead atoms. The number of benzene rings is 2. The Morgan fingerprint density at radius 1 is 1.26 bits per heavy atom. The quantitative estimate of drug-likeness (QED) is 0.512. The average Bonchev–Trinajstić information content (AvgIpc) is 2.75. The topological polar surface area (TPSA) is 110 Å². The fraction of sp³-hybridized carbons (Fsp3) is 0.350. The molecule has 1 amide bonds. The van der Waals surface area contributed by atoms with Crippen molar-refractivity contribution in [3.63, 3.8) is 0 Å². The van der Waals surface area contributed by atoms with Crippen LogP contribution in [0.5, 0.6) is 0 Å². The van der Waals surface area contributed by atoms with E-state index in [4.69, 9.17) is 11.6 Å². The number of sulfonamides is 1. The highest BCUT2D eigenvalue weighted by Gasteiger charge is 2.33. The lowest BCUT2D eigenvalue weighted by molar-refractivity contribution is -0.384. The predicted octanol–water partition coefficient (Wildman–Crippen LogP) is 3.67. The molecule has 1 atom stereocenters. The lowest BCUT2D eigenvalue weighted by atomic mass is 9.96.